The molecule has 2 N–H and O–H groups in total. The number of aromatic nitrogens is 1. The van der Waals surface area contributed by atoms with E-state index in [9.17, 15) is 4.79 Å². The van der Waals surface area contributed by atoms with E-state index in [1.54, 1.807) is 6.20 Å². The van der Waals surface area contributed by atoms with Crippen LogP contribution in [0.5, 0.6) is 0 Å². The predicted molar refractivity (Wildman–Crippen MR) is 64.3 cm³/mol. The largest absolute Gasteiger partial charge is 0.370 e. The Bertz CT molecular complexity index is 534. The molecule has 0 aliphatic rings. The van der Waals surface area contributed by atoms with Crippen LogP contribution in [0.4, 0.5) is 0 Å². The van der Waals surface area contributed by atoms with Crippen molar-refractivity contribution in [2.45, 2.75) is 12.8 Å². The van der Waals surface area contributed by atoms with Gasteiger partial charge in [-0.1, -0.05) is 23.7 Å². The highest BCUT2D eigenvalue weighted by Gasteiger charge is 2.07. The third-order valence-corrected chi connectivity index (χ3v) is 2.74. The van der Waals surface area contributed by atoms with E-state index in [-0.39, 0.29) is 12.3 Å². The maximum absolute atomic E-state index is 10.8. The molecule has 4 heteroatoms. The number of nitrogens with zero attached hydrogens (tertiary/aromatic N) is 1. The summed E-state index contributed by atoms with van der Waals surface area (Å²) in [4.78, 5) is 15.0. The number of halogens is 1. The number of nitrogens with two attached hydrogens (primary N) is 1. The smallest absolute Gasteiger partial charge is 0.217 e. The van der Waals surface area contributed by atoms with Crippen molar-refractivity contribution in [3.05, 3.63) is 41.2 Å². The fourth-order valence-electron chi connectivity index (χ4n) is 1.69. The maximum atomic E-state index is 10.8. The molecule has 1 aromatic heterocycles. The maximum Gasteiger partial charge on any atom is 0.217 e. The van der Waals surface area contributed by atoms with E-state index in [1.165, 1.54) is 0 Å². The van der Waals surface area contributed by atoms with Crippen molar-refractivity contribution in [2.24, 2.45) is 5.73 Å². The Kier molecular flexibility index (Phi) is 3.06. The van der Waals surface area contributed by atoms with E-state index in [0.717, 1.165) is 16.5 Å². The van der Waals surface area contributed by atoms with E-state index in [2.05, 4.69) is 4.98 Å². The molecule has 3 nitrogen and oxygen atoms in total. The molecular weight excluding hydrogens is 224 g/mol. The van der Waals surface area contributed by atoms with Gasteiger partial charge in [-0.15, -0.1) is 0 Å². The highest BCUT2D eigenvalue weighted by Crippen LogP contribution is 2.26. The summed E-state index contributed by atoms with van der Waals surface area (Å²) in [5, 5.41) is 2.60. The van der Waals surface area contributed by atoms with Crippen LogP contribution in [0.25, 0.3) is 10.8 Å². The monoisotopic (exact) mass is 234 g/mol. The van der Waals surface area contributed by atoms with Gasteiger partial charge in [0.15, 0.2) is 0 Å². The van der Waals surface area contributed by atoms with Gasteiger partial charge in [0.1, 0.15) is 0 Å². The fourth-order valence-corrected chi connectivity index (χ4v) is 1.98. The van der Waals surface area contributed by atoms with Crippen molar-refractivity contribution in [3.63, 3.8) is 0 Å². The first kappa shape index (κ1) is 10.9. The molecule has 16 heavy (non-hydrogen) atoms. The van der Waals surface area contributed by atoms with Gasteiger partial charge in [0, 0.05) is 18.0 Å². The van der Waals surface area contributed by atoms with Crippen molar-refractivity contribution >= 4 is 28.3 Å². The van der Waals surface area contributed by atoms with Crippen molar-refractivity contribution in [3.8, 4) is 0 Å². The van der Waals surface area contributed by atoms with Gasteiger partial charge >= 0.3 is 0 Å². The first-order valence-corrected chi connectivity index (χ1v) is 5.36. The van der Waals surface area contributed by atoms with Gasteiger partial charge < -0.3 is 5.73 Å². The Balaban J connectivity index is 2.48. The number of hydrogen-bond acceptors (Lipinski definition) is 2. The van der Waals surface area contributed by atoms with Crippen LogP contribution in [0.1, 0.15) is 12.1 Å². The Hall–Kier alpha value is -1.61. The first-order valence-electron chi connectivity index (χ1n) is 4.99. The van der Waals surface area contributed by atoms with Crippen LogP contribution in [0.2, 0.25) is 5.02 Å². The van der Waals surface area contributed by atoms with Crippen LogP contribution >= 0.6 is 11.6 Å². The average Bonchev–Trinajstić information content (AvgIpc) is 2.26. The number of hydrogen-bond donors (Lipinski definition) is 1. The summed E-state index contributed by atoms with van der Waals surface area (Å²) in [5.74, 6) is -0.328. The van der Waals surface area contributed by atoms with Gasteiger partial charge in [0.2, 0.25) is 5.91 Å². The second-order valence-electron chi connectivity index (χ2n) is 3.56. The fraction of sp³-hybridized carbons (Fsp3) is 0.167. The third-order valence-electron chi connectivity index (χ3n) is 2.43. The summed E-state index contributed by atoms with van der Waals surface area (Å²) < 4.78 is 0. The molecule has 1 amide bonds. The molecule has 0 radical (unpaired) electrons. The molecule has 0 saturated heterocycles. The standard InChI is InChI=1S/C12H11ClN2O/c13-9-3-1-2-8-6-7-15-10(12(8)9)4-5-11(14)16/h1-3,6-7H,4-5H2,(H2,14,16). The van der Waals surface area contributed by atoms with E-state index in [1.807, 2.05) is 24.3 Å². The number of rotatable bonds is 3. The summed E-state index contributed by atoms with van der Waals surface area (Å²) in [7, 11) is 0. The van der Waals surface area contributed by atoms with Crippen molar-refractivity contribution < 1.29 is 4.79 Å². The lowest BCUT2D eigenvalue weighted by Crippen LogP contribution is -2.11. The number of pyridine rings is 1. The normalized spacial score (nSPS) is 10.6. The van der Waals surface area contributed by atoms with Crippen LogP contribution in [0, 0.1) is 0 Å². The van der Waals surface area contributed by atoms with Crippen LogP contribution in [0.3, 0.4) is 0 Å². The molecule has 82 valence electrons. The summed E-state index contributed by atoms with van der Waals surface area (Å²) in [5.41, 5.74) is 5.94. The van der Waals surface area contributed by atoms with Gasteiger partial charge in [-0.3, -0.25) is 9.78 Å². The second kappa shape index (κ2) is 4.49. The SMILES string of the molecule is NC(=O)CCc1nccc2cccc(Cl)c12. The minimum Gasteiger partial charge on any atom is -0.370 e. The molecule has 1 aromatic carbocycles. The molecule has 0 aliphatic heterocycles. The third kappa shape index (κ3) is 2.14. The molecule has 0 spiro atoms. The summed E-state index contributed by atoms with van der Waals surface area (Å²) in [6.07, 6.45) is 2.53. The second-order valence-corrected chi connectivity index (χ2v) is 3.97. The summed E-state index contributed by atoms with van der Waals surface area (Å²) in [6.45, 7) is 0. The van der Waals surface area contributed by atoms with Crippen molar-refractivity contribution in [1.82, 2.24) is 4.98 Å². The lowest BCUT2D eigenvalue weighted by Gasteiger charge is -2.05. The van der Waals surface area contributed by atoms with Crippen LogP contribution < -0.4 is 5.73 Å². The van der Waals surface area contributed by atoms with Crippen LogP contribution in [0.15, 0.2) is 30.5 Å². The minimum atomic E-state index is -0.328. The molecule has 0 atom stereocenters. The Morgan fingerprint density at radius 1 is 1.38 bits per heavy atom. The minimum absolute atomic E-state index is 0.289. The molecule has 2 rings (SSSR count). The molecule has 0 bridgehead atoms. The first-order chi connectivity index (χ1) is 7.68. The Morgan fingerprint density at radius 3 is 2.94 bits per heavy atom. The molecule has 0 fully saturated rings. The molecular formula is C12H11ClN2O. The van der Waals surface area contributed by atoms with Gasteiger partial charge in [0.05, 0.1) is 10.7 Å². The number of fused-ring (bicyclic) bond motifs is 1. The van der Waals surface area contributed by atoms with Gasteiger partial charge in [-0.05, 0) is 23.9 Å². The van der Waals surface area contributed by atoms with E-state index >= 15 is 0 Å². The van der Waals surface area contributed by atoms with Crippen molar-refractivity contribution in [2.75, 3.05) is 0 Å². The number of carbonyl (C=O) groups excluding carboxylic acids is 1. The summed E-state index contributed by atoms with van der Waals surface area (Å²) >= 11 is 6.12. The van der Waals surface area contributed by atoms with Crippen molar-refractivity contribution in [1.29, 1.82) is 0 Å². The zero-order valence-corrected chi connectivity index (χ0v) is 9.37. The highest BCUT2D eigenvalue weighted by atomic mass is 35.5. The lowest BCUT2D eigenvalue weighted by atomic mass is 10.1. The number of benzene rings is 1. The van der Waals surface area contributed by atoms with E-state index < -0.39 is 0 Å². The zero-order chi connectivity index (χ0) is 11.5. The molecule has 0 saturated carbocycles. The summed E-state index contributed by atoms with van der Waals surface area (Å²) in [6, 6.07) is 7.58. The predicted octanol–water partition coefficient (Wildman–Crippen LogP) is 2.31. The van der Waals surface area contributed by atoms with Gasteiger partial charge in [-0.25, -0.2) is 0 Å². The number of primary amides is 1. The number of aryl methyl sites for hydroxylation is 1. The van der Waals surface area contributed by atoms with Gasteiger partial charge in [-0.2, -0.15) is 0 Å². The zero-order valence-electron chi connectivity index (χ0n) is 8.61. The van der Waals surface area contributed by atoms with Crippen LogP contribution in [-0.2, 0) is 11.2 Å². The highest BCUT2D eigenvalue weighted by molar-refractivity contribution is 6.35. The number of carbonyl (C=O) groups is 1. The number of amides is 1. The molecule has 0 unspecified atom stereocenters. The Labute approximate surface area is 98.2 Å². The lowest BCUT2D eigenvalue weighted by molar-refractivity contribution is -0.117. The quantitative estimate of drug-likeness (QED) is 0.886. The van der Waals surface area contributed by atoms with Crippen LogP contribution in [-0.4, -0.2) is 10.9 Å². The Morgan fingerprint density at radius 2 is 2.19 bits per heavy atom. The topological polar surface area (TPSA) is 56.0 Å². The van der Waals surface area contributed by atoms with E-state index in [4.69, 9.17) is 17.3 Å². The van der Waals surface area contributed by atoms with E-state index in [0.29, 0.717) is 11.4 Å². The molecule has 2 aromatic rings. The van der Waals surface area contributed by atoms with Gasteiger partial charge in [0.25, 0.3) is 0 Å². The molecule has 1 heterocycles. The average molecular weight is 235 g/mol. The molecule has 0 aliphatic carbocycles.